The first kappa shape index (κ1) is 15.5. The van der Waals surface area contributed by atoms with Crippen molar-refractivity contribution in [3.63, 3.8) is 0 Å². The van der Waals surface area contributed by atoms with Gasteiger partial charge in [-0.3, -0.25) is 0 Å². The van der Waals surface area contributed by atoms with Gasteiger partial charge in [0.25, 0.3) is 0 Å². The van der Waals surface area contributed by atoms with Crippen LogP contribution in [0.2, 0.25) is 0 Å². The van der Waals surface area contributed by atoms with Crippen molar-refractivity contribution in [3.8, 4) is 5.75 Å². The minimum atomic E-state index is -0.177. The minimum absolute atomic E-state index is 0.0829. The topological polar surface area (TPSA) is 21.3 Å². The summed E-state index contributed by atoms with van der Waals surface area (Å²) in [6, 6.07) is 14.9. The number of para-hydroxylation sites is 1. The zero-order chi connectivity index (χ0) is 15.2. The Morgan fingerprint density at radius 2 is 1.67 bits per heavy atom. The summed E-state index contributed by atoms with van der Waals surface area (Å²) >= 11 is 0. The lowest BCUT2D eigenvalue weighted by molar-refractivity contribution is 0.238. The molecule has 0 saturated heterocycles. The molecule has 0 aromatic heterocycles. The molecule has 0 aliphatic rings. The number of hydrogen-bond acceptors (Lipinski definition) is 2. The zero-order valence-corrected chi connectivity index (χ0v) is 12.8. The maximum absolute atomic E-state index is 13.6. The molecule has 0 aliphatic carbocycles. The Balaban J connectivity index is 2.07. The molecule has 0 aliphatic heterocycles. The molecule has 2 rings (SSSR count). The second-order valence-electron chi connectivity index (χ2n) is 5.40. The van der Waals surface area contributed by atoms with Crippen LogP contribution in [0.1, 0.15) is 37.9 Å². The van der Waals surface area contributed by atoms with Crippen LogP contribution < -0.4 is 10.1 Å². The lowest BCUT2D eigenvalue weighted by Crippen LogP contribution is -2.20. The largest absolute Gasteiger partial charge is 0.491 e. The second kappa shape index (κ2) is 7.23. The molecule has 1 unspecified atom stereocenters. The van der Waals surface area contributed by atoms with E-state index in [1.54, 1.807) is 12.1 Å². The van der Waals surface area contributed by atoms with Crippen molar-refractivity contribution in [2.24, 2.45) is 0 Å². The van der Waals surface area contributed by atoms with Crippen LogP contribution in [0.25, 0.3) is 0 Å². The predicted octanol–water partition coefficient (Wildman–Crippen LogP) is 4.46. The molecule has 3 heteroatoms. The summed E-state index contributed by atoms with van der Waals surface area (Å²) in [5.41, 5.74) is 1.76. The number of benzene rings is 2. The summed E-state index contributed by atoms with van der Waals surface area (Å²) < 4.78 is 19.5. The van der Waals surface area contributed by atoms with Gasteiger partial charge in [-0.1, -0.05) is 36.4 Å². The minimum Gasteiger partial charge on any atom is -0.491 e. The Morgan fingerprint density at radius 1 is 1.00 bits per heavy atom. The number of nitrogens with one attached hydrogen (secondary N) is 1. The van der Waals surface area contributed by atoms with E-state index < -0.39 is 0 Å². The van der Waals surface area contributed by atoms with Gasteiger partial charge >= 0.3 is 0 Å². The number of rotatable bonds is 6. The third kappa shape index (κ3) is 4.30. The Hall–Kier alpha value is -1.87. The van der Waals surface area contributed by atoms with Gasteiger partial charge in [-0.05, 0) is 32.9 Å². The van der Waals surface area contributed by atoms with Crippen LogP contribution in [0.5, 0.6) is 5.75 Å². The van der Waals surface area contributed by atoms with Crippen LogP contribution in [0.4, 0.5) is 4.39 Å². The zero-order valence-electron chi connectivity index (χ0n) is 12.8. The van der Waals surface area contributed by atoms with Crippen molar-refractivity contribution in [3.05, 3.63) is 65.5 Å². The molecular formula is C18H22FNO. The molecule has 1 atom stereocenters. The van der Waals surface area contributed by atoms with E-state index in [1.165, 1.54) is 6.07 Å². The SMILES string of the molecule is CC(C)Oc1ccccc1C(C)NCc1ccccc1F. The standard InChI is InChI=1S/C18H22FNO/c1-13(2)21-18-11-7-5-9-16(18)14(3)20-12-15-8-4-6-10-17(15)19/h4-11,13-14,20H,12H2,1-3H3. The molecule has 0 heterocycles. The van der Waals surface area contributed by atoms with Gasteiger partial charge in [0.2, 0.25) is 0 Å². The molecule has 0 radical (unpaired) electrons. The highest BCUT2D eigenvalue weighted by atomic mass is 19.1. The molecule has 0 amide bonds. The fourth-order valence-corrected chi connectivity index (χ4v) is 2.21. The van der Waals surface area contributed by atoms with Crippen molar-refractivity contribution in [1.29, 1.82) is 0 Å². The molecular weight excluding hydrogens is 265 g/mol. The van der Waals surface area contributed by atoms with Gasteiger partial charge in [-0.15, -0.1) is 0 Å². The summed E-state index contributed by atoms with van der Waals surface area (Å²) in [5.74, 6) is 0.699. The van der Waals surface area contributed by atoms with E-state index in [0.717, 1.165) is 11.3 Å². The van der Waals surface area contributed by atoms with Gasteiger partial charge < -0.3 is 10.1 Å². The Morgan fingerprint density at radius 3 is 2.38 bits per heavy atom. The fraction of sp³-hybridized carbons (Fsp3) is 0.333. The van der Waals surface area contributed by atoms with Crippen molar-refractivity contribution < 1.29 is 9.13 Å². The van der Waals surface area contributed by atoms with Crippen LogP contribution >= 0.6 is 0 Å². The first-order valence-corrected chi connectivity index (χ1v) is 7.30. The third-order valence-corrected chi connectivity index (χ3v) is 3.30. The predicted molar refractivity (Wildman–Crippen MR) is 83.9 cm³/mol. The quantitative estimate of drug-likeness (QED) is 0.846. The number of halogens is 1. The van der Waals surface area contributed by atoms with Crippen molar-refractivity contribution in [2.75, 3.05) is 0 Å². The van der Waals surface area contributed by atoms with Crippen molar-refractivity contribution in [2.45, 2.75) is 39.5 Å². The summed E-state index contributed by atoms with van der Waals surface area (Å²) in [6.07, 6.45) is 0.130. The van der Waals surface area contributed by atoms with Crippen LogP contribution in [0.3, 0.4) is 0 Å². The van der Waals surface area contributed by atoms with Crippen LogP contribution in [-0.4, -0.2) is 6.10 Å². The van der Waals surface area contributed by atoms with Crippen LogP contribution in [0.15, 0.2) is 48.5 Å². The summed E-state index contributed by atoms with van der Waals surface area (Å²) in [5, 5.41) is 3.35. The lowest BCUT2D eigenvalue weighted by atomic mass is 10.1. The smallest absolute Gasteiger partial charge is 0.127 e. The lowest BCUT2D eigenvalue weighted by Gasteiger charge is -2.20. The molecule has 2 aromatic carbocycles. The molecule has 112 valence electrons. The normalized spacial score (nSPS) is 12.4. The molecule has 0 bridgehead atoms. The van der Waals surface area contributed by atoms with Crippen molar-refractivity contribution >= 4 is 0 Å². The maximum Gasteiger partial charge on any atom is 0.127 e. The van der Waals surface area contributed by atoms with E-state index >= 15 is 0 Å². The monoisotopic (exact) mass is 287 g/mol. The Labute approximate surface area is 126 Å². The third-order valence-electron chi connectivity index (χ3n) is 3.30. The van der Waals surface area contributed by atoms with Crippen LogP contribution in [0, 0.1) is 5.82 Å². The van der Waals surface area contributed by atoms with E-state index in [1.807, 2.05) is 44.2 Å². The summed E-state index contributed by atoms with van der Waals surface area (Å²) in [6.45, 7) is 6.57. The Bertz CT molecular complexity index is 583. The molecule has 2 aromatic rings. The molecule has 0 spiro atoms. The highest BCUT2D eigenvalue weighted by molar-refractivity contribution is 5.36. The highest BCUT2D eigenvalue weighted by Crippen LogP contribution is 2.26. The average molecular weight is 287 g/mol. The van der Waals surface area contributed by atoms with Gasteiger partial charge in [-0.25, -0.2) is 4.39 Å². The average Bonchev–Trinajstić information content (AvgIpc) is 2.46. The van der Waals surface area contributed by atoms with Crippen molar-refractivity contribution in [1.82, 2.24) is 5.32 Å². The van der Waals surface area contributed by atoms with E-state index in [2.05, 4.69) is 12.2 Å². The van der Waals surface area contributed by atoms with Gasteiger partial charge in [0.05, 0.1) is 6.10 Å². The first-order valence-electron chi connectivity index (χ1n) is 7.30. The van der Waals surface area contributed by atoms with E-state index in [-0.39, 0.29) is 18.0 Å². The van der Waals surface area contributed by atoms with Crippen LogP contribution in [-0.2, 0) is 6.54 Å². The summed E-state index contributed by atoms with van der Waals surface area (Å²) in [4.78, 5) is 0. The molecule has 2 nitrogen and oxygen atoms in total. The molecule has 1 N–H and O–H groups in total. The molecule has 0 saturated carbocycles. The van der Waals surface area contributed by atoms with Gasteiger partial charge in [-0.2, -0.15) is 0 Å². The first-order chi connectivity index (χ1) is 10.1. The molecule has 0 fully saturated rings. The van der Waals surface area contributed by atoms with Gasteiger partial charge in [0, 0.05) is 23.7 Å². The van der Waals surface area contributed by atoms with E-state index in [0.29, 0.717) is 12.1 Å². The summed E-state index contributed by atoms with van der Waals surface area (Å²) in [7, 11) is 0. The maximum atomic E-state index is 13.6. The molecule has 21 heavy (non-hydrogen) atoms. The van der Waals surface area contributed by atoms with Gasteiger partial charge in [0.1, 0.15) is 11.6 Å². The number of ether oxygens (including phenoxy) is 1. The fourth-order valence-electron chi connectivity index (χ4n) is 2.21. The highest BCUT2D eigenvalue weighted by Gasteiger charge is 2.12. The Kier molecular flexibility index (Phi) is 5.34. The van der Waals surface area contributed by atoms with Gasteiger partial charge in [0.15, 0.2) is 0 Å². The van der Waals surface area contributed by atoms with E-state index in [9.17, 15) is 4.39 Å². The van der Waals surface area contributed by atoms with E-state index in [4.69, 9.17) is 4.74 Å². The second-order valence-corrected chi connectivity index (χ2v) is 5.40. The number of hydrogen-bond donors (Lipinski definition) is 1.